The van der Waals surface area contributed by atoms with Gasteiger partial charge in [0, 0.05) is 75.5 Å². The Balaban J connectivity index is 0.000000153. The van der Waals surface area contributed by atoms with Gasteiger partial charge in [-0.2, -0.15) is 13.8 Å². The summed E-state index contributed by atoms with van der Waals surface area (Å²) in [5.74, 6) is -3.40. The Morgan fingerprint density at radius 1 is 0.584 bits per heavy atom. The summed E-state index contributed by atoms with van der Waals surface area (Å²) in [6.45, 7) is -3.31. The molecule has 1 saturated carbocycles. The fourth-order valence-corrected chi connectivity index (χ4v) is 11.4. The van der Waals surface area contributed by atoms with Crippen LogP contribution in [-0.4, -0.2) is 95.2 Å². The second kappa shape index (κ2) is 22.4. The number of aromatic nitrogens is 7. The van der Waals surface area contributed by atoms with Gasteiger partial charge in [0.05, 0.1) is 45.8 Å². The van der Waals surface area contributed by atoms with Gasteiger partial charge in [0.15, 0.2) is 5.82 Å². The Morgan fingerprint density at radius 2 is 1.10 bits per heavy atom. The standard InChI is InChI=1S/C17H15ClFN3O3S.C16H14F3N3O5S.C13H10ClFN4O3S/c1-25-17-14(7-12(19)16(21-17)9-2-3-9)22-26(23,24)15-8-20-13-6-10(18)4-5-11(13)15;1-25-8-3-4-9-11(5-8)20-7-13(9)28(23,24)22-12-6-10(17)14(27-16(18)19)21-15(12)26-2;1-22-13-9(4-7(15)5-17-13)19-23(20,21)10-6-16-12-8(10)2-3-11(14)18-12/h4-9,20,22H,2-3H2,1H3;3-7,16,20,22H,1-2H3;2-6,19H,1H3,(H,16,18). The number of sulfonamides is 3. The van der Waals surface area contributed by atoms with Crippen molar-refractivity contribution in [3.63, 3.8) is 0 Å². The number of benzene rings is 2. The van der Waals surface area contributed by atoms with E-state index in [9.17, 15) is 47.2 Å². The average molecular weight is 1170 g/mol. The maximum atomic E-state index is 14.3. The van der Waals surface area contributed by atoms with Gasteiger partial charge in [0.1, 0.15) is 59.9 Å². The minimum absolute atomic E-state index is 0.0258. The third kappa shape index (κ3) is 12.4. The quantitative estimate of drug-likeness (QED) is 0.0388. The van der Waals surface area contributed by atoms with E-state index in [4.69, 9.17) is 42.1 Å². The SMILES string of the molecule is COc1ccc2c(S(=O)(=O)Nc3cc(F)c(OC(F)F)nc3OC)c[nH]c2c1.COc1nc(C2CC2)c(F)cc1NS(=O)(=O)c1c[nH]c2cc(Cl)ccc12.COc1ncc(F)cc1NS(=O)(=O)c1c[nH]c2nc(Cl)ccc12. The van der Waals surface area contributed by atoms with Crippen LogP contribution in [0.4, 0.5) is 39.0 Å². The minimum Gasteiger partial charge on any atom is -0.497 e. The zero-order valence-electron chi connectivity index (χ0n) is 39.9. The highest BCUT2D eigenvalue weighted by Crippen LogP contribution is 2.43. The molecule has 10 rings (SSSR count). The third-order valence-electron chi connectivity index (χ3n) is 11.0. The van der Waals surface area contributed by atoms with Crippen LogP contribution in [0.5, 0.6) is 29.3 Å². The van der Waals surface area contributed by atoms with E-state index in [1.165, 1.54) is 58.1 Å². The van der Waals surface area contributed by atoms with E-state index >= 15 is 0 Å². The number of anilines is 3. The number of pyridine rings is 4. The topological polar surface area (TPSA) is 284 Å². The van der Waals surface area contributed by atoms with Crippen molar-refractivity contribution < 1.29 is 70.9 Å². The van der Waals surface area contributed by atoms with Crippen molar-refractivity contribution in [1.29, 1.82) is 0 Å². The molecule has 1 aliphatic rings. The van der Waals surface area contributed by atoms with Crippen LogP contribution in [0.15, 0.2) is 106 Å². The van der Waals surface area contributed by atoms with Crippen molar-refractivity contribution in [2.24, 2.45) is 0 Å². The van der Waals surface area contributed by atoms with E-state index in [1.54, 1.807) is 30.3 Å². The molecule has 77 heavy (non-hydrogen) atoms. The monoisotopic (exact) mass is 1170 g/mol. The Morgan fingerprint density at radius 3 is 1.68 bits per heavy atom. The lowest BCUT2D eigenvalue weighted by molar-refractivity contribution is -0.0555. The first-order chi connectivity index (χ1) is 36.5. The summed E-state index contributed by atoms with van der Waals surface area (Å²) in [6.07, 6.45) is 6.55. The number of methoxy groups -OCH3 is 4. The second-order valence-corrected chi connectivity index (χ2v) is 21.8. The van der Waals surface area contributed by atoms with E-state index in [2.05, 4.69) is 53.8 Å². The van der Waals surface area contributed by atoms with Crippen molar-refractivity contribution in [2.75, 3.05) is 42.6 Å². The van der Waals surface area contributed by atoms with Crippen molar-refractivity contribution in [3.05, 3.63) is 125 Å². The lowest BCUT2D eigenvalue weighted by Crippen LogP contribution is -2.15. The molecule has 31 heteroatoms. The normalized spacial score (nSPS) is 12.6. The van der Waals surface area contributed by atoms with Crippen LogP contribution in [0.2, 0.25) is 10.2 Å². The van der Waals surface area contributed by atoms with Crippen LogP contribution in [0, 0.1) is 17.5 Å². The Hall–Kier alpha value is -7.86. The van der Waals surface area contributed by atoms with Crippen molar-refractivity contribution in [2.45, 2.75) is 40.1 Å². The molecule has 0 bridgehead atoms. The highest BCUT2D eigenvalue weighted by atomic mass is 35.5. The molecule has 0 saturated heterocycles. The van der Waals surface area contributed by atoms with E-state index in [1.807, 2.05) is 0 Å². The molecule has 0 spiro atoms. The molecule has 0 amide bonds. The fraction of sp³-hybridized carbons (Fsp3) is 0.174. The largest absolute Gasteiger partial charge is 0.497 e. The van der Waals surface area contributed by atoms with Gasteiger partial charge in [-0.15, -0.1) is 0 Å². The van der Waals surface area contributed by atoms with Crippen molar-refractivity contribution in [3.8, 4) is 29.3 Å². The summed E-state index contributed by atoms with van der Waals surface area (Å²) in [5.41, 5.74) is 1.18. The number of H-pyrrole nitrogens is 3. The maximum Gasteiger partial charge on any atom is 0.388 e. The fourth-order valence-electron chi connectivity index (χ4n) is 7.37. The van der Waals surface area contributed by atoms with Crippen LogP contribution in [0.25, 0.3) is 32.8 Å². The number of nitrogens with zero attached hydrogens (tertiary/aromatic N) is 4. The number of rotatable bonds is 16. The van der Waals surface area contributed by atoms with Crippen LogP contribution >= 0.6 is 23.2 Å². The van der Waals surface area contributed by atoms with Gasteiger partial charge >= 0.3 is 6.61 Å². The van der Waals surface area contributed by atoms with Crippen LogP contribution in [-0.2, 0) is 30.1 Å². The predicted octanol–water partition coefficient (Wildman–Crippen LogP) is 9.72. The Labute approximate surface area is 443 Å². The van der Waals surface area contributed by atoms with Gasteiger partial charge in [-0.3, -0.25) is 14.2 Å². The summed E-state index contributed by atoms with van der Waals surface area (Å²) >= 11 is 11.7. The smallest absolute Gasteiger partial charge is 0.388 e. The number of fused-ring (bicyclic) bond motifs is 3. The zero-order chi connectivity index (χ0) is 55.6. The molecule has 0 aliphatic heterocycles. The van der Waals surface area contributed by atoms with Gasteiger partial charge in [0.2, 0.25) is 17.6 Å². The molecule has 7 aromatic heterocycles. The van der Waals surface area contributed by atoms with Crippen LogP contribution < -0.4 is 37.9 Å². The van der Waals surface area contributed by atoms with Crippen LogP contribution in [0.1, 0.15) is 24.5 Å². The summed E-state index contributed by atoms with van der Waals surface area (Å²) in [7, 11) is -6.95. The lowest BCUT2D eigenvalue weighted by Gasteiger charge is -2.13. The Bertz CT molecular complexity index is 4040. The molecule has 0 atom stereocenters. The maximum absolute atomic E-state index is 14.3. The Kier molecular flexibility index (Phi) is 16.1. The molecule has 0 unspecified atom stereocenters. The number of halogens is 7. The van der Waals surface area contributed by atoms with Gasteiger partial charge in [-0.1, -0.05) is 23.2 Å². The number of hydrogen-bond acceptors (Lipinski definition) is 15. The molecule has 1 fully saturated rings. The molecule has 7 heterocycles. The second-order valence-electron chi connectivity index (χ2n) is 16.0. The molecular formula is C46H39Cl2F5N10O11S3. The van der Waals surface area contributed by atoms with E-state index in [0.717, 1.165) is 38.3 Å². The number of hydrogen-bond donors (Lipinski definition) is 6. The van der Waals surface area contributed by atoms with Gasteiger partial charge < -0.3 is 38.6 Å². The molecular weight excluding hydrogens is 1130 g/mol. The highest BCUT2D eigenvalue weighted by molar-refractivity contribution is 7.93. The van der Waals surface area contributed by atoms with Gasteiger partial charge in [-0.25, -0.2) is 53.4 Å². The molecule has 406 valence electrons. The molecule has 0 radical (unpaired) electrons. The molecule has 6 N–H and O–H groups in total. The minimum atomic E-state index is -4.20. The molecule has 9 aromatic rings. The van der Waals surface area contributed by atoms with Crippen LogP contribution in [0.3, 0.4) is 0 Å². The van der Waals surface area contributed by atoms with Crippen molar-refractivity contribution in [1.82, 2.24) is 34.9 Å². The molecule has 1 aliphatic carbocycles. The molecule has 21 nitrogen and oxygen atoms in total. The van der Waals surface area contributed by atoms with Gasteiger partial charge in [0.25, 0.3) is 35.9 Å². The van der Waals surface area contributed by atoms with E-state index in [-0.39, 0.29) is 54.6 Å². The lowest BCUT2D eigenvalue weighted by atomic mass is 10.2. The summed E-state index contributed by atoms with van der Waals surface area (Å²) < 4.78 is 173. The zero-order valence-corrected chi connectivity index (χ0v) is 43.8. The average Bonchev–Trinajstić information content (AvgIpc) is 3.77. The van der Waals surface area contributed by atoms with Gasteiger partial charge in [-0.05, 0) is 55.3 Å². The summed E-state index contributed by atoms with van der Waals surface area (Å²) in [6, 6.07) is 15.3. The summed E-state index contributed by atoms with van der Waals surface area (Å²) in [5, 5.41) is 1.90. The first kappa shape index (κ1) is 55.4. The summed E-state index contributed by atoms with van der Waals surface area (Å²) in [4.78, 5) is 23.5. The predicted molar refractivity (Wildman–Crippen MR) is 273 cm³/mol. The molecule has 2 aromatic carbocycles. The first-order valence-electron chi connectivity index (χ1n) is 21.8. The third-order valence-corrected chi connectivity index (χ3v) is 15.6. The number of alkyl halides is 2. The number of ether oxygens (including phenoxy) is 5. The van der Waals surface area contributed by atoms with E-state index in [0.29, 0.717) is 55.4 Å². The van der Waals surface area contributed by atoms with Crippen molar-refractivity contribution >= 4 is 103 Å². The highest BCUT2D eigenvalue weighted by Gasteiger charge is 2.31. The first-order valence-corrected chi connectivity index (χ1v) is 27.0. The van der Waals surface area contributed by atoms with E-state index < -0.39 is 65.9 Å². The number of nitrogens with one attached hydrogen (secondary N) is 6. The number of aromatic amines is 3.